The summed E-state index contributed by atoms with van der Waals surface area (Å²) < 4.78 is 0. The minimum atomic E-state index is 0.319. The summed E-state index contributed by atoms with van der Waals surface area (Å²) in [5.41, 5.74) is 3.05. The predicted molar refractivity (Wildman–Crippen MR) is 69.0 cm³/mol. The summed E-state index contributed by atoms with van der Waals surface area (Å²) in [6.07, 6.45) is 8.62. The van der Waals surface area contributed by atoms with Crippen LogP contribution < -0.4 is 0 Å². The number of hydrogen-bond acceptors (Lipinski definition) is 1. The molecule has 3 rings (SSSR count). The number of rotatable bonds is 2. The topological polar surface area (TPSA) is 17.1 Å². The lowest BCUT2D eigenvalue weighted by molar-refractivity contribution is -0.113. The third-order valence-corrected chi connectivity index (χ3v) is 4.75. The van der Waals surface area contributed by atoms with Crippen molar-refractivity contribution in [2.45, 2.75) is 44.4 Å². The molecule has 2 aliphatic rings. The Morgan fingerprint density at radius 3 is 2.76 bits per heavy atom. The summed E-state index contributed by atoms with van der Waals surface area (Å²) >= 11 is 0. The van der Waals surface area contributed by atoms with E-state index in [4.69, 9.17) is 0 Å². The highest BCUT2D eigenvalue weighted by Gasteiger charge is 2.35. The number of carbonyl (C=O) groups excluding carboxylic acids is 1. The van der Waals surface area contributed by atoms with Crippen LogP contribution in [0.5, 0.6) is 0 Å². The molecule has 90 valence electrons. The number of hydrogen-bond donors (Lipinski definition) is 0. The molecular formula is C16H20O. The Morgan fingerprint density at radius 1 is 1.06 bits per heavy atom. The zero-order valence-electron chi connectivity index (χ0n) is 10.3. The molecule has 1 saturated carbocycles. The summed E-state index contributed by atoms with van der Waals surface area (Å²) in [6, 6.07) is 8.83. The standard InChI is InChI=1S/C16H20O/c17-11-13-6-2-4-8-15(13)16-10-9-12-5-1-3-7-14(12)16/h1,3,5,7,11,13,15-16H,2,4,6,8-10H2. The number of aldehydes is 1. The van der Waals surface area contributed by atoms with Crippen LogP contribution in [0.2, 0.25) is 0 Å². The minimum absolute atomic E-state index is 0.319. The van der Waals surface area contributed by atoms with Gasteiger partial charge in [0, 0.05) is 5.92 Å². The largest absolute Gasteiger partial charge is 0.303 e. The van der Waals surface area contributed by atoms with Crippen LogP contribution in [0.15, 0.2) is 24.3 Å². The molecule has 0 amide bonds. The summed E-state index contributed by atoms with van der Waals surface area (Å²) in [6.45, 7) is 0. The summed E-state index contributed by atoms with van der Waals surface area (Å²) in [5, 5.41) is 0. The molecule has 1 heteroatoms. The van der Waals surface area contributed by atoms with Crippen LogP contribution in [0.25, 0.3) is 0 Å². The fraction of sp³-hybridized carbons (Fsp3) is 0.562. The maximum atomic E-state index is 11.2. The average molecular weight is 228 g/mol. The van der Waals surface area contributed by atoms with Gasteiger partial charge in [-0.15, -0.1) is 0 Å². The first-order valence-corrected chi connectivity index (χ1v) is 6.93. The summed E-state index contributed by atoms with van der Waals surface area (Å²) in [7, 11) is 0. The molecule has 1 fully saturated rings. The Labute approximate surface area is 103 Å². The molecule has 0 radical (unpaired) electrons. The molecule has 3 atom stereocenters. The van der Waals surface area contributed by atoms with Gasteiger partial charge in [0.2, 0.25) is 0 Å². The van der Waals surface area contributed by atoms with Gasteiger partial charge in [0.25, 0.3) is 0 Å². The van der Waals surface area contributed by atoms with E-state index in [0.29, 0.717) is 17.8 Å². The van der Waals surface area contributed by atoms with Crippen molar-refractivity contribution in [1.82, 2.24) is 0 Å². The SMILES string of the molecule is O=CC1CCCCC1C1CCc2ccccc21. The molecule has 0 bridgehead atoms. The lowest BCUT2D eigenvalue weighted by Gasteiger charge is -2.33. The van der Waals surface area contributed by atoms with Crippen LogP contribution in [0.1, 0.15) is 49.1 Å². The first-order valence-electron chi connectivity index (χ1n) is 6.93. The van der Waals surface area contributed by atoms with E-state index < -0.39 is 0 Å². The second-order valence-corrected chi connectivity index (χ2v) is 5.59. The predicted octanol–water partition coefficient (Wildman–Crippen LogP) is 3.72. The number of benzene rings is 1. The molecule has 0 aliphatic heterocycles. The van der Waals surface area contributed by atoms with E-state index in [2.05, 4.69) is 24.3 Å². The van der Waals surface area contributed by atoms with Gasteiger partial charge in [-0.05, 0) is 48.6 Å². The lowest BCUT2D eigenvalue weighted by Crippen LogP contribution is -2.25. The number of carbonyl (C=O) groups is 1. The van der Waals surface area contributed by atoms with Gasteiger partial charge in [0.05, 0.1) is 0 Å². The van der Waals surface area contributed by atoms with Crippen molar-refractivity contribution in [2.24, 2.45) is 11.8 Å². The van der Waals surface area contributed by atoms with Gasteiger partial charge in [0.1, 0.15) is 6.29 Å². The van der Waals surface area contributed by atoms with E-state index in [-0.39, 0.29) is 0 Å². The Balaban J connectivity index is 1.87. The van der Waals surface area contributed by atoms with Crippen molar-refractivity contribution in [3.63, 3.8) is 0 Å². The Morgan fingerprint density at radius 2 is 1.88 bits per heavy atom. The number of fused-ring (bicyclic) bond motifs is 1. The fourth-order valence-electron chi connectivity index (χ4n) is 3.89. The monoisotopic (exact) mass is 228 g/mol. The molecule has 0 spiro atoms. The third-order valence-electron chi connectivity index (χ3n) is 4.75. The normalized spacial score (nSPS) is 32.1. The van der Waals surface area contributed by atoms with Crippen LogP contribution in [0, 0.1) is 11.8 Å². The average Bonchev–Trinajstić information content (AvgIpc) is 2.82. The third kappa shape index (κ3) is 1.92. The van der Waals surface area contributed by atoms with Gasteiger partial charge < -0.3 is 4.79 Å². The van der Waals surface area contributed by atoms with Crippen molar-refractivity contribution in [3.05, 3.63) is 35.4 Å². The van der Waals surface area contributed by atoms with Gasteiger partial charge in [-0.3, -0.25) is 0 Å². The zero-order valence-corrected chi connectivity index (χ0v) is 10.3. The smallest absolute Gasteiger partial charge is 0.123 e. The van der Waals surface area contributed by atoms with E-state index in [0.717, 1.165) is 6.42 Å². The summed E-state index contributed by atoms with van der Waals surface area (Å²) in [5.74, 6) is 1.59. The van der Waals surface area contributed by atoms with Crippen molar-refractivity contribution in [3.8, 4) is 0 Å². The molecule has 1 aromatic carbocycles. The van der Waals surface area contributed by atoms with Gasteiger partial charge in [0.15, 0.2) is 0 Å². The van der Waals surface area contributed by atoms with Crippen LogP contribution in [-0.2, 0) is 11.2 Å². The van der Waals surface area contributed by atoms with Gasteiger partial charge in [-0.2, -0.15) is 0 Å². The van der Waals surface area contributed by atoms with Crippen LogP contribution >= 0.6 is 0 Å². The molecule has 0 aromatic heterocycles. The second kappa shape index (κ2) is 4.64. The quantitative estimate of drug-likeness (QED) is 0.705. The van der Waals surface area contributed by atoms with E-state index in [1.807, 2.05) is 0 Å². The van der Waals surface area contributed by atoms with Crippen LogP contribution in [0.4, 0.5) is 0 Å². The Kier molecular flexibility index (Phi) is 3.00. The number of aryl methyl sites for hydroxylation is 1. The van der Waals surface area contributed by atoms with E-state index in [1.54, 1.807) is 0 Å². The molecular weight excluding hydrogens is 208 g/mol. The maximum Gasteiger partial charge on any atom is 0.123 e. The van der Waals surface area contributed by atoms with Crippen molar-refractivity contribution in [2.75, 3.05) is 0 Å². The second-order valence-electron chi connectivity index (χ2n) is 5.59. The molecule has 1 aromatic rings. The highest BCUT2D eigenvalue weighted by atomic mass is 16.1. The fourth-order valence-corrected chi connectivity index (χ4v) is 3.89. The van der Waals surface area contributed by atoms with Crippen molar-refractivity contribution < 1.29 is 4.79 Å². The van der Waals surface area contributed by atoms with E-state index in [9.17, 15) is 4.79 Å². The Hall–Kier alpha value is -1.11. The van der Waals surface area contributed by atoms with Crippen molar-refractivity contribution in [1.29, 1.82) is 0 Å². The van der Waals surface area contributed by atoms with E-state index >= 15 is 0 Å². The van der Waals surface area contributed by atoms with E-state index in [1.165, 1.54) is 49.5 Å². The molecule has 3 unspecified atom stereocenters. The Bertz CT molecular complexity index is 410. The first kappa shape index (κ1) is 11.0. The highest BCUT2D eigenvalue weighted by molar-refractivity contribution is 5.55. The lowest BCUT2D eigenvalue weighted by atomic mass is 9.71. The summed E-state index contributed by atoms with van der Waals surface area (Å²) in [4.78, 5) is 11.2. The molecule has 0 saturated heterocycles. The van der Waals surface area contributed by atoms with Crippen LogP contribution in [0.3, 0.4) is 0 Å². The molecule has 0 N–H and O–H groups in total. The highest BCUT2D eigenvalue weighted by Crippen LogP contribution is 2.45. The molecule has 17 heavy (non-hydrogen) atoms. The molecule has 0 heterocycles. The molecule has 2 aliphatic carbocycles. The first-order chi connectivity index (χ1) is 8.40. The van der Waals surface area contributed by atoms with Gasteiger partial charge >= 0.3 is 0 Å². The van der Waals surface area contributed by atoms with Gasteiger partial charge in [-0.1, -0.05) is 37.1 Å². The zero-order chi connectivity index (χ0) is 11.7. The van der Waals surface area contributed by atoms with Crippen molar-refractivity contribution >= 4 is 6.29 Å². The maximum absolute atomic E-state index is 11.2. The molecule has 1 nitrogen and oxygen atoms in total. The van der Waals surface area contributed by atoms with Gasteiger partial charge in [-0.25, -0.2) is 0 Å². The van der Waals surface area contributed by atoms with Crippen LogP contribution in [-0.4, -0.2) is 6.29 Å². The minimum Gasteiger partial charge on any atom is -0.303 e.